The Morgan fingerprint density at radius 1 is 1.18 bits per heavy atom. The molecule has 0 saturated carbocycles. The molecule has 4 aliphatic rings. The third kappa shape index (κ3) is 4.40. The standard InChI is InChI=1S/C24H26ClN3O5S/c1-15-6-7-22(34(30,31)32)20(12-15)28-14-21(17-4-2-3-5-18(17)25)33-24(28)23(29)26-19-13-27-10-8-16(19)9-11-27/h2-7,12,14,16,19,24H,8-11,13H2,1H3,(H,26,29)(H,30,31,32)/t19-,24?/m0/s1. The summed E-state index contributed by atoms with van der Waals surface area (Å²) in [4.78, 5) is 17.0. The van der Waals surface area contributed by atoms with Crippen molar-refractivity contribution >= 4 is 39.1 Å². The molecule has 34 heavy (non-hydrogen) atoms. The van der Waals surface area contributed by atoms with E-state index in [0.717, 1.165) is 38.0 Å². The molecule has 2 aromatic carbocycles. The van der Waals surface area contributed by atoms with Crippen molar-refractivity contribution in [3.8, 4) is 0 Å². The Morgan fingerprint density at radius 2 is 1.91 bits per heavy atom. The van der Waals surface area contributed by atoms with Gasteiger partial charge in [-0.2, -0.15) is 8.42 Å². The molecule has 3 fully saturated rings. The predicted octanol–water partition coefficient (Wildman–Crippen LogP) is 3.27. The lowest BCUT2D eigenvalue weighted by Gasteiger charge is -2.45. The average Bonchev–Trinajstić information content (AvgIpc) is 3.25. The van der Waals surface area contributed by atoms with Crippen LogP contribution in [0.25, 0.3) is 5.76 Å². The fourth-order valence-electron chi connectivity index (χ4n) is 5.00. The van der Waals surface area contributed by atoms with Gasteiger partial charge in [-0.1, -0.05) is 29.8 Å². The number of ether oxygens (including phenoxy) is 1. The lowest BCUT2D eigenvalue weighted by atomic mass is 9.84. The van der Waals surface area contributed by atoms with Crippen LogP contribution in [0.15, 0.2) is 53.6 Å². The van der Waals surface area contributed by atoms with Gasteiger partial charge >= 0.3 is 0 Å². The van der Waals surface area contributed by atoms with Gasteiger partial charge in [-0.25, -0.2) is 0 Å². The Hall–Kier alpha value is -2.59. The first-order chi connectivity index (χ1) is 16.2. The first-order valence-electron chi connectivity index (χ1n) is 11.2. The molecule has 3 saturated heterocycles. The number of nitrogens with zero attached hydrogens (tertiary/aromatic N) is 2. The smallest absolute Gasteiger partial charge is 0.296 e. The van der Waals surface area contributed by atoms with Crippen molar-refractivity contribution < 1.29 is 22.5 Å². The first kappa shape index (κ1) is 23.2. The molecule has 0 radical (unpaired) electrons. The summed E-state index contributed by atoms with van der Waals surface area (Å²) in [6, 6.07) is 11.6. The van der Waals surface area contributed by atoms with Gasteiger partial charge in [0, 0.05) is 18.2 Å². The number of hydrogen-bond donors (Lipinski definition) is 2. The third-order valence-corrected chi connectivity index (χ3v) is 8.00. The number of fused-ring (bicyclic) bond motifs is 3. The summed E-state index contributed by atoms with van der Waals surface area (Å²) in [5.74, 6) is 0.370. The van der Waals surface area contributed by atoms with Crippen LogP contribution in [0.5, 0.6) is 0 Å². The molecule has 1 amide bonds. The van der Waals surface area contributed by atoms with Crippen molar-refractivity contribution in [2.24, 2.45) is 5.92 Å². The number of hydrogen-bond acceptors (Lipinski definition) is 6. The van der Waals surface area contributed by atoms with Gasteiger partial charge in [0.25, 0.3) is 22.3 Å². The molecule has 0 spiro atoms. The molecule has 0 aliphatic carbocycles. The number of anilines is 1. The van der Waals surface area contributed by atoms with Gasteiger partial charge in [0.15, 0.2) is 0 Å². The molecule has 8 nitrogen and oxygen atoms in total. The van der Waals surface area contributed by atoms with Gasteiger partial charge in [0.05, 0.1) is 16.9 Å². The highest BCUT2D eigenvalue weighted by molar-refractivity contribution is 7.86. The lowest BCUT2D eigenvalue weighted by Crippen LogP contribution is -2.59. The van der Waals surface area contributed by atoms with E-state index in [1.165, 1.54) is 11.0 Å². The molecule has 2 atom stereocenters. The number of halogens is 1. The van der Waals surface area contributed by atoms with E-state index in [0.29, 0.717) is 22.3 Å². The number of carbonyl (C=O) groups excluding carboxylic acids is 1. The van der Waals surface area contributed by atoms with E-state index in [1.807, 2.05) is 0 Å². The maximum absolute atomic E-state index is 13.5. The summed E-state index contributed by atoms with van der Waals surface area (Å²) >= 11 is 6.37. The molecule has 10 heteroatoms. The largest absolute Gasteiger partial charge is 0.458 e. The van der Waals surface area contributed by atoms with Crippen LogP contribution in [0.4, 0.5) is 5.69 Å². The summed E-state index contributed by atoms with van der Waals surface area (Å²) in [6.45, 7) is 4.68. The topological polar surface area (TPSA) is 99.2 Å². The number of rotatable bonds is 5. The van der Waals surface area contributed by atoms with Crippen molar-refractivity contribution in [2.45, 2.75) is 36.9 Å². The van der Waals surface area contributed by atoms with Crippen LogP contribution in [0, 0.1) is 12.8 Å². The minimum Gasteiger partial charge on any atom is -0.458 e. The van der Waals surface area contributed by atoms with Gasteiger partial charge < -0.3 is 15.0 Å². The number of carbonyl (C=O) groups is 1. The van der Waals surface area contributed by atoms with E-state index in [4.69, 9.17) is 16.3 Å². The molecule has 4 heterocycles. The highest BCUT2D eigenvalue weighted by atomic mass is 35.5. The number of nitrogens with one attached hydrogen (secondary N) is 1. The summed E-state index contributed by atoms with van der Waals surface area (Å²) in [7, 11) is -4.55. The molecule has 2 N–H and O–H groups in total. The quantitative estimate of drug-likeness (QED) is 0.604. The van der Waals surface area contributed by atoms with Crippen LogP contribution >= 0.6 is 11.6 Å². The number of aryl methyl sites for hydroxylation is 1. The molecule has 2 bridgehead atoms. The molecule has 4 aliphatic heterocycles. The van der Waals surface area contributed by atoms with Crippen molar-refractivity contribution in [2.75, 3.05) is 24.5 Å². The molecule has 6 rings (SSSR count). The zero-order chi connectivity index (χ0) is 24.0. The van der Waals surface area contributed by atoms with Crippen LogP contribution < -0.4 is 10.2 Å². The second-order valence-corrected chi connectivity index (χ2v) is 10.8. The van der Waals surface area contributed by atoms with Crippen LogP contribution in [0.3, 0.4) is 0 Å². The van der Waals surface area contributed by atoms with E-state index in [2.05, 4.69) is 10.2 Å². The Balaban J connectivity index is 1.52. The summed E-state index contributed by atoms with van der Waals surface area (Å²) in [5.41, 5.74) is 1.49. The summed E-state index contributed by atoms with van der Waals surface area (Å²) < 4.78 is 40.2. The normalized spacial score (nSPS) is 26.2. The lowest BCUT2D eigenvalue weighted by molar-refractivity contribution is -0.130. The average molecular weight is 504 g/mol. The highest BCUT2D eigenvalue weighted by Crippen LogP contribution is 2.38. The number of amides is 1. The second-order valence-electron chi connectivity index (χ2n) is 9.05. The molecule has 0 aromatic heterocycles. The second kappa shape index (κ2) is 8.88. The van der Waals surface area contributed by atoms with Crippen LogP contribution in [-0.2, 0) is 19.6 Å². The minimum absolute atomic E-state index is 0.00312. The first-order valence-corrected chi connectivity index (χ1v) is 13.0. The van der Waals surface area contributed by atoms with Crippen molar-refractivity contribution in [3.63, 3.8) is 0 Å². The summed E-state index contributed by atoms with van der Waals surface area (Å²) in [6.07, 6.45) is 2.47. The highest BCUT2D eigenvalue weighted by Gasteiger charge is 2.41. The fourth-order valence-corrected chi connectivity index (χ4v) is 5.90. The zero-order valence-electron chi connectivity index (χ0n) is 18.6. The van der Waals surface area contributed by atoms with E-state index in [9.17, 15) is 17.8 Å². The minimum atomic E-state index is -4.55. The SMILES string of the molecule is Cc1ccc(S(=O)(=O)O)c(N2C=C(c3ccccc3Cl)OC2C(=O)N[C@H]2CN3CCC2CC3)c1. The van der Waals surface area contributed by atoms with E-state index < -0.39 is 16.3 Å². The Labute approximate surface area is 203 Å². The Morgan fingerprint density at radius 3 is 2.56 bits per heavy atom. The van der Waals surface area contributed by atoms with Crippen molar-refractivity contribution in [1.82, 2.24) is 10.2 Å². The van der Waals surface area contributed by atoms with Crippen molar-refractivity contribution in [3.05, 3.63) is 64.8 Å². The molecule has 180 valence electrons. The van der Waals surface area contributed by atoms with Gasteiger partial charge in [0.2, 0.25) is 0 Å². The molecular formula is C24H26ClN3O5S. The van der Waals surface area contributed by atoms with E-state index >= 15 is 0 Å². The Kier molecular flexibility index (Phi) is 6.05. The van der Waals surface area contributed by atoms with Crippen LogP contribution in [-0.4, -0.2) is 55.7 Å². The number of piperidine rings is 3. The maximum Gasteiger partial charge on any atom is 0.296 e. The third-order valence-electron chi connectivity index (χ3n) is 6.77. The monoisotopic (exact) mass is 503 g/mol. The maximum atomic E-state index is 13.5. The molecule has 1 unspecified atom stereocenters. The van der Waals surface area contributed by atoms with Crippen molar-refractivity contribution in [1.29, 1.82) is 0 Å². The van der Waals surface area contributed by atoms with Crippen LogP contribution in [0.2, 0.25) is 5.02 Å². The Bertz CT molecular complexity index is 1260. The number of benzene rings is 2. The van der Waals surface area contributed by atoms with E-state index in [-0.39, 0.29) is 22.5 Å². The fraction of sp³-hybridized carbons (Fsp3) is 0.375. The molecule has 2 aromatic rings. The van der Waals surface area contributed by atoms with Gasteiger partial charge in [-0.05, 0) is 68.6 Å². The van der Waals surface area contributed by atoms with E-state index in [1.54, 1.807) is 49.5 Å². The zero-order valence-corrected chi connectivity index (χ0v) is 20.2. The molecular weight excluding hydrogens is 478 g/mol. The predicted molar refractivity (Wildman–Crippen MR) is 129 cm³/mol. The van der Waals surface area contributed by atoms with Gasteiger partial charge in [0.1, 0.15) is 10.7 Å². The summed E-state index contributed by atoms with van der Waals surface area (Å²) in [5, 5.41) is 3.56. The van der Waals surface area contributed by atoms with Crippen LogP contribution in [0.1, 0.15) is 24.0 Å². The van der Waals surface area contributed by atoms with Gasteiger partial charge in [-0.15, -0.1) is 0 Å². The van der Waals surface area contributed by atoms with Gasteiger partial charge in [-0.3, -0.25) is 14.2 Å².